The Bertz CT molecular complexity index is 1250. The monoisotopic (exact) mass is 467 g/mol. The smallest absolute Gasteiger partial charge is 0.291 e. The Balaban J connectivity index is 1.29. The number of sulfonamides is 1. The van der Waals surface area contributed by atoms with Crippen molar-refractivity contribution in [3.8, 4) is 0 Å². The van der Waals surface area contributed by atoms with E-state index in [9.17, 15) is 18.0 Å². The van der Waals surface area contributed by atoms with E-state index >= 15 is 0 Å². The van der Waals surface area contributed by atoms with Gasteiger partial charge in [0.2, 0.25) is 15.9 Å². The summed E-state index contributed by atoms with van der Waals surface area (Å²) in [5.74, 6) is -0.576. The molecule has 2 amide bonds. The van der Waals surface area contributed by atoms with Crippen LogP contribution in [0.1, 0.15) is 40.9 Å². The van der Waals surface area contributed by atoms with Crippen LogP contribution in [0.5, 0.6) is 0 Å². The van der Waals surface area contributed by atoms with Gasteiger partial charge in [-0.25, -0.2) is 13.1 Å². The Kier molecular flexibility index (Phi) is 6.90. The van der Waals surface area contributed by atoms with Gasteiger partial charge < -0.3 is 15.1 Å². The molecule has 0 radical (unpaired) electrons. The fraction of sp³-hybridized carbons (Fsp3) is 0.250. The van der Waals surface area contributed by atoms with Crippen LogP contribution in [-0.2, 0) is 27.7 Å². The van der Waals surface area contributed by atoms with E-state index in [0.717, 1.165) is 31.2 Å². The Hall–Kier alpha value is -3.43. The van der Waals surface area contributed by atoms with Crippen LogP contribution in [0.3, 0.4) is 0 Å². The lowest BCUT2D eigenvalue weighted by Crippen LogP contribution is -2.28. The third kappa shape index (κ3) is 5.88. The third-order valence-electron chi connectivity index (χ3n) is 5.42. The highest BCUT2D eigenvalue weighted by Crippen LogP contribution is 2.24. The molecule has 1 heterocycles. The molecule has 3 aromatic rings. The molecule has 3 N–H and O–H groups in total. The second-order valence-corrected chi connectivity index (χ2v) is 9.61. The van der Waals surface area contributed by atoms with Gasteiger partial charge in [0.15, 0.2) is 5.76 Å². The van der Waals surface area contributed by atoms with Crippen molar-refractivity contribution in [3.05, 3.63) is 77.7 Å². The number of benzene rings is 2. The van der Waals surface area contributed by atoms with Crippen molar-refractivity contribution >= 4 is 33.2 Å². The topological polar surface area (TPSA) is 118 Å². The molecule has 0 atom stereocenters. The van der Waals surface area contributed by atoms with E-state index in [1.54, 1.807) is 48.5 Å². The second kappa shape index (κ2) is 10.0. The molecular formula is C24H25N3O5S. The summed E-state index contributed by atoms with van der Waals surface area (Å²) in [5.41, 5.74) is 3.26. The molecule has 0 unspecified atom stereocenters. The van der Waals surface area contributed by atoms with E-state index in [-0.39, 0.29) is 29.5 Å². The van der Waals surface area contributed by atoms with Gasteiger partial charge >= 0.3 is 0 Å². The number of carbonyl (C=O) groups is 2. The van der Waals surface area contributed by atoms with Crippen LogP contribution in [0, 0.1) is 0 Å². The van der Waals surface area contributed by atoms with Crippen molar-refractivity contribution in [1.82, 2.24) is 4.72 Å². The number of hydrogen-bond donors (Lipinski definition) is 3. The van der Waals surface area contributed by atoms with Crippen LogP contribution in [0.25, 0.3) is 0 Å². The molecule has 0 saturated carbocycles. The van der Waals surface area contributed by atoms with E-state index < -0.39 is 15.9 Å². The summed E-state index contributed by atoms with van der Waals surface area (Å²) in [6.45, 7) is -0.0276. The number of hydrogen-bond acceptors (Lipinski definition) is 5. The average Bonchev–Trinajstić information content (AvgIpc) is 3.34. The van der Waals surface area contributed by atoms with Crippen LogP contribution >= 0.6 is 0 Å². The first-order valence-corrected chi connectivity index (χ1v) is 12.3. The molecule has 1 aliphatic carbocycles. The van der Waals surface area contributed by atoms with Crippen LogP contribution in [0.15, 0.2) is 70.2 Å². The highest BCUT2D eigenvalue weighted by Gasteiger charge is 2.18. The highest BCUT2D eigenvalue weighted by atomic mass is 32.2. The molecular weight excluding hydrogens is 442 g/mol. The van der Waals surface area contributed by atoms with Crippen molar-refractivity contribution in [2.45, 2.75) is 37.0 Å². The molecule has 8 nitrogen and oxygen atoms in total. The molecule has 0 aliphatic heterocycles. The van der Waals surface area contributed by atoms with Gasteiger partial charge in [-0.05, 0) is 79.3 Å². The number of furan rings is 1. The number of nitrogens with one attached hydrogen (secondary N) is 3. The molecule has 172 valence electrons. The van der Waals surface area contributed by atoms with E-state index in [0.29, 0.717) is 11.4 Å². The zero-order chi connectivity index (χ0) is 23.3. The van der Waals surface area contributed by atoms with E-state index in [1.807, 2.05) is 6.07 Å². The minimum Gasteiger partial charge on any atom is -0.459 e. The van der Waals surface area contributed by atoms with Gasteiger partial charge in [0.1, 0.15) is 0 Å². The molecule has 0 fully saturated rings. The molecule has 1 aromatic heterocycles. The van der Waals surface area contributed by atoms with Crippen LogP contribution in [-0.4, -0.2) is 26.8 Å². The predicted octanol–water partition coefficient (Wildman–Crippen LogP) is 3.72. The van der Waals surface area contributed by atoms with Crippen LogP contribution < -0.4 is 15.4 Å². The Morgan fingerprint density at radius 2 is 1.64 bits per heavy atom. The van der Waals surface area contributed by atoms with Crippen molar-refractivity contribution in [1.29, 1.82) is 0 Å². The second-order valence-electron chi connectivity index (χ2n) is 7.85. The summed E-state index contributed by atoms with van der Waals surface area (Å²) in [4.78, 5) is 24.6. The molecule has 0 saturated heterocycles. The zero-order valence-corrected chi connectivity index (χ0v) is 18.8. The van der Waals surface area contributed by atoms with Crippen molar-refractivity contribution in [2.75, 3.05) is 17.2 Å². The fourth-order valence-corrected chi connectivity index (χ4v) is 4.84. The molecule has 0 spiro atoms. The first-order chi connectivity index (χ1) is 15.9. The van der Waals surface area contributed by atoms with Gasteiger partial charge in [0.05, 0.1) is 11.2 Å². The van der Waals surface area contributed by atoms with Gasteiger partial charge in [-0.2, -0.15) is 0 Å². The maximum absolute atomic E-state index is 12.6. The summed E-state index contributed by atoms with van der Waals surface area (Å²) in [5, 5.41) is 5.39. The Morgan fingerprint density at radius 3 is 2.39 bits per heavy atom. The molecule has 0 bridgehead atoms. The lowest BCUT2D eigenvalue weighted by Gasteiger charge is -2.16. The number of aryl methyl sites for hydroxylation is 2. The normalized spacial score (nSPS) is 13.2. The molecule has 9 heteroatoms. The third-order valence-corrected chi connectivity index (χ3v) is 6.88. The van der Waals surface area contributed by atoms with Crippen molar-refractivity contribution in [2.24, 2.45) is 0 Å². The van der Waals surface area contributed by atoms with E-state index in [1.165, 1.54) is 11.8 Å². The Labute approximate surface area is 192 Å². The van der Waals surface area contributed by atoms with Crippen LogP contribution in [0.4, 0.5) is 11.4 Å². The molecule has 2 aromatic carbocycles. The lowest BCUT2D eigenvalue weighted by atomic mass is 9.92. The number of fused-ring (bicyclic) bond motifs is 1. The lowest BCUT2D eigenvalue weighted by molar-refractivity contribution is -0.116. The summed E-state index contributed by atoms with van der Waals surface area (Å²) in [6, 6.07) is 15.1. The maximum Gasteiger partial charge on any atom is 0.291 e. The largest absolute Gasteiger partial charge is 0.459 e. The first kappa shape index (κ1) is 22.8. The average molecular weight is 468 g/mol. The number of amides is 2. The standard InChI is InChI=1S/C24H25N3O5S/c28-23(26-19-7-3-8-20(16-19)27-24(29)22-9-4-14-32-22)12-13-25-33(30,31)21-11-10-17-5-1-2-6-18(17)15-21/h3-4,7-11,14-16,25H,1-2,5-6,12-13H2,(H,26,28)(H,27,29). The van der Waals surface area contributed by atoms with Gasteiger partial charge in [-0.3, -0.25) is 9.59 Å². The minimum atomic E-state index is -3.69. The zero-order valence-electron chi connectivity index (χ0n) is 18.0. The summed E-state index contributed by atoms with van der Waals surface area (Å²) < 4.78 is 32.8. The van der Waals surface area contributed by atoms with Crippen molar-refractivity contribution in [3.63, 3.8) is 0 Å². The predicted molar refractivity (Wildman–Crippen MR) is 125 cm³/mol. The SMILES string of the molecule is O=C(CCNS(=O)(=O)c1ccc2c(c1)CCCC2)Nc1cccc(NC(=O)c2ccco2)c1. The summed E-state index contributed by atoms with van der Waals surface area (Å²) >= 11 is 0. The van der Waals surface area contributed by atoms with Gasteiger partial charge in [-0.15, -0.1) is 0 Å². The molecule has 33 heavy (non-hydrogen) atoms. The van der Waals surface area contributed by atoms with Crippen LogP contribution in [0.2, 0.25) is 0 Å². The fourth-order valence-electron chi connectivity index (χ4n) is 3.76. The minimum absolute atomic E-state index is 0.0276. The first-order valence-electron chi connectivity index (χ1n) is 10.8. The van der Waals surface area contributed by atoms with Gasteiger partial charge in [-0.1, -0.05) is 12.1 Å². The number of anilines is 2. The number of rotatable bonds is 8. The Morgan fingerprint density at radius 1 is 0.879 bits per heavy atom. The maximum atomic E-state index is 12.6. The quantitative estimate of drug-likeness (QED) is 0.467. The summed E-state index contributed by atoms with van der Waals surface area (Å²) in [6.07, 6.45) is 5.45. The highest BCUT2D eigenvalue weighted by molar-refractivity contribution is 7.89. The van der Waals surface area contributed by atoms with Crippen molar-refractivity contribution < 1.29 is 22.4 Å². The van der Waals surface area contributed by atoms with E-state index in [2.05, 4.69) is 15.4 Å². The van der Waals surface area contributed by atoms with E-state index in [4.69, 9.17) is 4.42 Å². The number of carbonyl (C=O) groups excluding carboxylic acids is 2. The van der Waals surface area contributed by atoms with Gasteiger partial charge in [0.25, 0.3) is 5.91 Å². The van der Waals surface area contributed by atoms with Gasteiger partial charge in [0, 0.05) is 24.3 Å². The molecule has 1 aliphatic rings. The molecule has 4 rings (SSSR count). The summed E-state index contributed by atoms with van der Waals surface area (Å²) in [7, 11) is -3.69.